The van der Waals surface area contributed by atoms with E-state index in [1.807, 2.05) is 42.5 Å². The van der Waals surface area contributed by atoms with E-state index in [2.05, 4.69) is 20.6 Å². The highest BCUT2D eigenvalue weighted by atomic mass is 16.5. The first-order chi connectivity index (χ1) is 12.8. The molecule has 126 valence electrons. The molecule has 26 heavy (non-hydrogen) atoms. The van der Waals surface area contributed by atoms with Gasteiger partial charge in [0.1, 0.15) is 5.75 Å². The highest BCUT2D eigenvalue weighted by Gasteiger charge is 2.10. The molecule has 0 aliphatic carbocycles. The third-order valence-corrected chi connectivity index (χ3v) is 4.11. The Morgan fingerprint density at radius 1 is 1.00 bits per heavy atom. The van der Waals surface area contributed by atoms with Crippen molar-refractivity contribution < 1.29 is 9.63 Å². The molecule has 0 amide bonds. The van der Waals surface area contributed by atoms with Crippen LogP contribution in [-0.4, -0.2) is 24.9 Å². The minimum atomic E-state index is 0.207. The van der Waals surface area contributed by atoms with Crippen LogP contribution in [0.1, 0.15) is 0 Å². The SMILES string of the molecule is Oc1cccc(-c2cccc3nc(Nc4ccc5cnoc5c4)nn23)c1. The molecule has 0 aliphatic rings. The summed E-state index contributed by atoms with van der Waals surface area (Å²) in [4.78, 5) is 4.52. The Bertz CT molecular complexity index is 1240. The van der Waals surface area contributed by atoms with Gasteiger partial charge in [-0.3, -0.25) is 0 Å². The van der Waals surface area contributed by atoms with Gasteiger partial charge < -0.3 is 14.9 Å². The van der Waals surface area contributed by atoms with Gasteiger partial charge in [0.15, 0.2) is 11.2 Å². The molecular weight excluding hydrogens is 330 g/mol. The lowest BCUT2D eigenvalue weighted by Gasteiger charge is -2.04. The zero-order valence-corrected chi connectivity index (χ0v) is 13.5. The molecule has 0 unspecified atom stereocenters. The van der Waals surface area contributed by atoms with Gasteiger partial charge in [0, 0.05) is 22.7 Å². The van der Waals surface area contributed by atoms with Gasteiger partial charge >= 0.3 is 0 Å². The van der Waals surface area contributed by atoms with Crippen molar-refractivity contribution in [3.63, 3.8) is 0 Å². The highest BCUT2D eigenvalue weighted by molar-refractivity contribution is 5.80. The van der Waals surface area contributed by atoms with E-state index in [9.17, 15) is 5.11 Å². The summed E-state index contributed by atoms with van der Waals surface area (Å²) in [5, 5.41) is 22.2. The van der Waals surface area contributed by atoms with E-state index < -0.39 is 0 Å². The summed E-state index contributed by atoms with van der Waals surface area (Å²) in [6, 6.07) is 18.5. The number of phenolic OH excluding ortho intramolecular Hbond substituents is 1. The molecule has 7 heteroatoms. The molecule has 0 bridgehead atoms. The molecule has 0 spiro atoms. The fourth-order valence-electron chi connectivity index (χ4n) is 2.91. The van der Waals surface area contributed by atoms with Crippen molar-refractivity contribution in [1.82, 2.24) is 19.8 Å². The van der Waals surface area contributed by atoms with Crippen LogP contribution in [0, 0.1) is 0 Å². The third kappa shape index (κ3) is 2.42. The average molecular weight is 343 g/mol. The predicted molar refractivity (Wildman–Crippen MR) is 97.4 cm³/mol. The predicted octanol–water partition coefficient (Wildman–Crippen LogP) is 3.99. The maximum absolute atomic E-state index is 9.74. The topological polar surface area (TPSA) is 88.5 Å². The molecule has 0 saturated carbocycles. The first-order valence-electron chi connectivity index (χ1n) is 8.03. The maximum atomic E-state index is 9.74. The van der Waals surface area contributed by atoms with Crippen molar-refractivity contribution >= 4 is 28.3 Å². The number of phenols is 1. The van der Waals surface area contributed by atoms with Gasteiger partial charge in [0.2, 0.25) is 5.95 Å². The summed E-state index contributed by atoms with van der Waals surface area (Å²) in [5.74, 6) is 0.676. The molecule has 0 radical (unpaired) electrons. The summed E-state index contributed by atoms with van der Waals surface area (Å²) >= 11 is 0. The van der Waals surface area contributed by atoms with E-state index in [1.54, 1.807) is 28.9 Å². The Morgan fingerprint density at radius 3 is 2.85 bits per heavy atom. The van der Waals surface area contributed by atoms with E-state index in [0.29, 0.717) is 17.2 Å². The number of nitrogens with zero attached hydrogens (tertiary/aromatic N) is 4. The molecule has 3 aromatic heterocycles. The lowest BCUT2D eigenvalue weighted by molar-refractivity contribution is 0.456. The Labute approximate surface area is 147 Å². The molecule has 2 N–H and O–H groups in total. The molecule has 5 rings (SSSR count). The van der Waals surface area contributed by atoms with Gasteiger partial charge in [0.05, 0.1) is 11.9 Å². The van der Waals surface area contributed by atoms with Crippen molar-refractivity contribution in [3.05, 3.63) is 66.9 Å². The van der Waals surface area contributed by atoms with Gasteiger partial charge in [-0.25, -0.2) is 4.52 Å². The lowest BCUT2D eigenvalue weighted by atomic mass is 10.1. The normalized spacial score (nSPS) is 11.2. The zero-order chi connectivity index (χ0) is 17.5. The molecule has 0 aliphatic heterocycles. The minimum absolute atomic E-state index is 0.207. The Kier molecular flexibility index (Phi) is 3.11. The molecule has 7 nitrogen and oxygen atoms in total. The second-order valence-corrected chi connectivity index (χ2v) is 5.87. The standard InChI is InChI=1S/C19H13N5O2/c25-15-4-1-3-12(9-15)16-5-2-6-18-22-19(23-24(16)18)21-14-8-7-13-11-20-26-17(13)10-14/h1-11,25H,(H,21,23). The summed E-state index contributed by atoms with van der Waals surface area (Å²) in [5.41, 5.74) is 3.90. The van der Waals surface area contributed by atoms with Crippen LogP contribution in [0.4, 0.5) is 11.6 Å². The van der Waals surface area contributed by atoms with Crippen molar-refractivity contribution in [2.75, 3.05) is 5.32 Å². The monoisotopic (exact) mass is 343 g/mol. The van der Waals surface area contributed by atoms with Gasteiger partial charge in [-0.05, 0) is 36.4 Å². The van der Waals surface area contributed by atoms with E-state index in [0.717, 1.165) is 22.3 Å². The first-order valence-corrected chi connectivity index (χ1v) is 8.03. The summed E-state index contributed by atoms with van der Waals surface area (Å²) in [6.45, 7) is 0. The fraction of sp³-hybridized carbons (Fsp3) is 0. The van der Waals surface area contributed by atoms with E-state index >= 15 is 0 Å². The van der Waals surface area contributed by atoms with Crippen LogP contribution in [0.15, 0.2) is 71.4 Å². The van der Waals surface area contributed by atoms with Gasteiger partial charge in [-0.15, -0.1) is 5.10 Å². The number of nitrogens with one attached hydrogen (secondary N) is 1. The molecular formula is C19H13N5O2. The maximum Gasteiger partial charge on any atom is 0.247 e. The number of anilines is 2. The number of hydrogen-bond acceptors (Lipinski definition) is 6. The van der Waals surface area contributed by atoms with Crippen molar-refractivity contribution in [1.29, 1.82) is 0 Å². The Balaban J connectivity index is 1.56. The second kappa shape index (κ2) is 5.59. The number of pyridine rings is 1. The van der Waals surface area contributed by atoms with Crippen LogP contribution >= 0.6 is 0 Å². The molecule has 3 heterocycles. The van der Waals surface area contributed by atoms with Crippen molar-refractivity contribution in [2.24, 2.45) is 0 Å². The largest absolute Gasteiger partial charge is 0.508 e. The van der Waals surface area contributed by atoms with E-state index in [1.165, 1.54) is 0 Å². The number of benzene rings is 2. The first kappa shape index (κ1) is 14.5. The van der Waals surface area contributed by atoms with E-state index in [-0.39, 0.29) is 5.75 Å². The molecule has 2 aromatic carbocycles. The smallest absolute Gasteiger partial charge is 0.247 e. The van der Waals surface area contributed by atoms with Crippen LogP contribution < -0.4 is 5.32 Å². The van der Waals surface area contributed by atoms with Crippen LogP contribution in [0.25, 0.3) is 27.9 Å². The molecule has 5 aromatic rings. The summed E-state index contributed by atoms with van der Waals surface area (Å²) in [7, 11) is 0. The zero-order valence-electron chi connectivity index (χ0n) is 13.5. The fourth-order valence-corrected chi connectivity index (χ4v) is 2.91. The molecule has 0 saturated heterocycles. The number of hydrogen-bond donors (Lipinski definition) is 2. The van der Waals surface area contributed by atoms with Crippen LogP contribution in [0.3, 0.4) is 0 Å². The quantitative estimate of drug-likeness (QED) is 0.515. The van der Waals surface area contributed by atoms with Gasteiger partial charge in [-0.2, -0.15) is 4.98 Å². The Hall–Kier alpha value is -3.87. The number of rotatable bonds is 3. The summed E-state index contributed by atoms with van der Waals surface area (Å²) < 4.78 is 6.92. The van der Waals surface area contributed by atoms with Crippen molar-refractivity contribution in [2.45, 2.75) is 0 Å². The summed E-state index contributed by atoms with van der Waals surface area (Å²) in [6.07, 6.45) is 1.67. The molecule has 0 atom stereocenters. The highest BCUT2D eigenvalue weighted by Crippen LogP contribution is 2.25. The second-order valence-electron chi connectivity index (χ2n) is 5.87. The van der Waals surface area contributed by atoms with Gasteiger partial charge in [0.25, 0.3) is 0 Å². The van der Waals surface area contributed by atoms with Crippen molar-refractivity contribution in [3.8, 4) is 17.0 Å². The van der Waals surface area contributed by atoms with Gasteiger partial charge in [-0.1, -0.05) is 23.4 Å². The Morgan fingerprint density at radius 2 is 1.92 bits per heavy atom. The number of aromatic nitrogens is 4. The molecule has 0 fully saturated rings. The number of fused-ring (bicyclic) bond motifs is 2. The van der Waals surface area contributed by atoms with E-state index in [4.69, 9.17) is 4.52 Å². The van der Waals surface area contributed by atoms with Crippen LogP contribution in [-0.2, 0) is 0 Å². The third-order valence-electron chi connectivity index (χ3n) is 4.11. The number of aromatic hydroxyl groups is 1. The van der Waals surface area contributed by atoms with Crippen LogP contribution in [0.2, 0.25) is 0 Å². The van der Waals surface area contributed by atoms with Crippen LogP contribution in [0.5, 0.6) is 5.75 Å². The average Bonchev–Trinajstić information content (AvgIpc) is 3.27. The lowest BCUT2D eigenvalue weighted by Crippen LogP contribution is -1.95. The minimum Gasteiger partial charge on any atom is -0.508 e.